The van der Waals surface area contributed by atoms with Crippen LogP contribution in [0.4, 0.5) is 0 Å². The van der Waals surface area contributed by atoms with Gasteiger partial charge >= 0.3 is 0 Å². The molecule has 6 nitrogen and oxygen atoms in total. The number of ether oxygens (including phenoxy) is 4. The van der Waals surface area contributed by atoms with Crippen LogP contribution in [0.3, 0.4) is 0 Å². The van der Waals surface area contributed by atoms with E-state index in [0.29, 0.717) is 23.9 Å². The zero-order valence-corrected chi connectivity index (χ0v) is 11.2. The molecule has 0 unspecified atom stereocenters. The summed E-state index contributed by atoms with van der Waals surface area (Å²) in [6.07, 6.45) is -0.318. The van der Waals surface area contributed by atoms with E-state index in [0.717, 1.165) is 5.56 Å². The van der Waals surface area contributed by atoms with Gasteiger partial charge in [0.05, 0.1) is 19.8 Å². The zero-order chi connectivity index (χ0) is 14.1. The van der Waals surface area contributed by atoms with Crippen LogP contribution in [-0.2, 0) is 4.74 Å². The monoisotopic (exact) mass is 282 g/mol. The Hall–Kier alpha value is -1.50. The van der Waals surface area contributed by atoms with Gasteiger partial charge in [-0.15, -0.1) is 0 Å². The quantitative estimate of drug-likeness (QED) is 0.847. The third-order valence-electron chi connectivity index (χ3n) is 3.96. The third kappa shape index (κ3) is 2.09. The van der Waals surface area contributed by atoms with Gasteiger partial charge in [0, 0.05) is 36.7 Å². The zero-order valence-electron chi connectivity index (χ0n) is 11.2. The van der Waals surface area contributed by atoms with Gasteiger partial charge in [-0.25, -0.2) is 0 Å². The lowest BCUT2D eigenvalue weighted by atomic mass is 9.88. The van der Waals surface area contributed by atoms with E-state index in [1.165, 1.54) is 0 Å². The SMILES string of the molecule is COc1cc2c(cc1[C@H]1OC[C@H](CO)[C@@H]1CO)OCO2. The molecule has 3 atom stereocenters. The summed E-state index contributed by atoms with van der Waals surface area (Å²) in [7, 11) is 1.58. The van der Waals surface area contributed by atoms with Crippen molar-refractivity contribution in [1.29, 1.82) is 0 Å². The Bertz CT molecular complexity index is 489. The summed E-state index contributed by atoms with van der Waals surface area (Å²) in [5.41, 5.74) is 0.812. The lowest BCUT2D eigenvalue weighted by Gasteiger charge is -2.22. The first kappa shape index (κ1) is 13.5. The first-order valence-electron chi connectivity index (χ1n) is 6.59. The van der Waals surface area contributed by atoms with Gasteiger partial charge in [-0.3, -0.25) is 0 Å². The maximum atomic E-state index is 9.57. The highest BCUT2D eigenvalue weighted by Crippen LogP contribution is 2.46. The molecule has 20 heavy (non-hydrogen) atoms. The summed E-state index contributed by atoms with van der Waals surface area (Å²) in [5.74, 6) is 1.70. The third-order valence-corrected chi connectivity index (χ3v) is 3.96. The maximum absolute atomic E-state index is 9.57. The molecule has 2 aliphatic heterocycles. The Balaban J connectivity index is 1.97. The van der Waals surface area contributed by atoms with Crippen LogP contribution < -0.4 is 14.2 Å². The van der Waals surface area contributed by atoms with Gasteiger partial charge in [0.15, 0.2) is 11.5 Å². The van der Waals surface area contributed by atoms with Crippen LogP contribution in [-0.4, -0.2) is 43.9 Å². The number of benzene rings is 1. The molecule has 2 heterocycles. The molecule has 1 aromatic rings. The first-order valence-corrected chi connectivity index (χ1v) is 6.59. The molecule has 3 rings (SSSR count). The van der Waals surface area contributed by atoms with Gasteiger partial charge in [0.25, 0.3) is 0 Å². The average molecular weight is 282 g/mol. The number of methoxy groups -OCH3 is 1. The number of rotatable bonds is 4. The van der Waals surface area contributed by atoms with Crippen molar-refractivity contribution in [3.8, 4) is 17.2 Å². The minimum Gasteiger partial charge on any atom is -0.496 e. The van der Waals surface area contributed by atoms with E-state index in [2.05, 4.69) is 0 Å². The topological polar surface area (TPSA) is 77.4 Å². The van der Waals surface area contributed by atoms with Crippen LogP contribution in [0.2, 0.25) is 0 Å². The van der Waals surface area contributed by atoms with Gasteiger partial charge in [0.2, 0.25) is 6.79 Å². The van der Waals surface area contributed by atoms with Gasteiger partial charge < -0.3 is 29.2 Å². The van der Waals surface area contributed by atoms with Gasteiger partial charge in [-0.2, -0.15) is 0 Å². The molecule has 0 amide bonds. The lowest BCUT2D eigenvalue weighted by Crippen LogP contribution is -2.22. The lowest BCUT2D eigenvalue weighted by molar-refractivity contribution is 0.0695. The maximum Gasteiger partial charge on any atom is 0.231 e. The van der Waals surface area contributed by atoms with Crippen molar-refractivity contribution in [2.75, 3.05) is 33.7 Å². The van der Waals surface area contributed by atoms with Gasteiger partial charge in [-0.1, -0.05) is 0 Å². The van der Waals surface area contributed by atoms with Gasteiger partial charge in [-0.05, 0) is 6.07 Å². The van der Waals surface area contributed by atoms with Crippen molar-refractivity contribution in [3.05, 3.63) is 17.7 Å². The Morgan fingerprint density at radius 2 is 1.95 bits per heavy atom. The first-order chi connectivity index (χ1) is 9.78. The Kier molecular flexibility index (Phi) is 3.69. The smallest absolute Gasteiger partial charge is 0.231 e. The van der Waals surface area contributed by atoms with Crippen molar-refractivity contribution >= 4 is 0 Å². The molecule has 2 N–H and O–H groups in total. The number of hydrogen-bond donors (Lipinski definition) is 2. The minimum absolute atomic E-state index is 0.00536. The highest BCUT2D eigenvalue weighted by molar-refractivity contribution is 5.52. The summed E-state index contributed by atoms with van der Waals surface area (Å²) in [4.78, 5) is 0. The summed E-state index contributed by atoms with van der Waals surface area (Å²) in [5, 5.41) is 18.9. The van der Waals surface area contributed by atoms with Crippen LogP contribution in [0.1, 0.15) is 11.7 Å². The normalized spacial score (nSPS) is 27.9. The number of aliphatic hydroxyl groups is 2. The number of fused-ring (bicyclic) bond motifs is 1. The molecule has 1 saturated heterocycles. The molecule has 110 valence electrons. The second-order valence-corrected chi connectivity index (χ2v) is 4.99. The van der Waals surface area contributed by atoms with E-state index in [-0.39, 0.29) is 37.9 Å². The largest absolute Gasteiger partial charge is 0.496 e. The average Bonchev–Trinajstić information content (AvgIpc) is 3.10. The molecule has 0 aromatic heterocycles. The van der Waals surface area contributed by atoms with E-state index in [1.54, 1.807) is 13.2 Å². The predicted molar refractivity (Wildman–Crippen MR) is 69.0 cm³/mol. The van der Waals surface area contributed by atoms with E-state index in [1.807, 2.05) is 6.07 Å². The fourth-order valence-corrected chi connectivity index (χ4v) is 2.81. The van der Waals surface area contributed by atoms with Crippen molar-refractivity contribution in [3.63, 3.8) is 0 Å². The molecule has 0 saturated carbocycles. The van der Waals surface area contributed by atoms with E-state index >= 15 is 0 Å². The molecule has 1 fully saturated rings. The van der Waals surface area contributed by atoms with Crippen LogP contribution in [0.15, 0.2) is 12.1 Å². The van der Waals surface area contributed by atoms with Crippen LogP contribution in [0.25, 0.3) is 0 Å². The molecule has 0 bridgehead atoms. The number of aliphatic hydroxyl groups excluding tert-OH is 2. The van der Waals surface area contributed by atoms with E-state index in [9.17, 15) is 10.2 Å². The molecule has 0 radical (unpaired) electrons. The second-order valence-electron chi connectivity index (χ2n) is 4.99. The Morgan fingerprint density at radius 1 is 1.20 bits per heavy atom. The molecular formula is C14H18O6. The van der Waals surface area contributed by atoms with E-state index < -0.39 is 0 Å². The van der Waals surface area contributed by atoms with Crippen molar-refractivity contribution in [1.82, 2.24) is 0 Å². The Morgan fingerprint density at radius 3 is 2.60 bits per heavy atom. The van der Waals surface area contributed by atoms with E-state index in [4.69, 9.17) is 18.9 Å². The predicted octanol–water partition coefficient (Wildman–Crippen LogP) is 0.712. The molecule has 0 spiro atoms. The fraction of sp³-hybridized carbons (Fsp3) is 0.571. The molecule has 2 aliphatic rings. The van der Waals surface area contributed by atoms with Crippen LogP contribution >= 0.6 is 0 Å². The summed E-state index contributed by atoms with van der Waals surface area (Å²) >= 11 is 0. The van der Waals surface area contributed by atoms with Crippen molar-refractivity contribution < 1.29 is 29.2 Å². The highest BCUT2D eigenvalue weighted by Gasteiger charge is 2.39. The van der Waals surface area contributed by atoms with Crippen molar-refractivity contribution in [2.45, 2.75) is 6.10 Å². The van der Waals surface area contributed by atoms with Gasteiger partial charge in [0.1, 0.15) is 5.75 Å². The second kappa shape index (κ2) is 5.47. The molecular weight excluding hydrogens is 264 g/mol. The summed E-state index contributed by atoms with van der Waals surface area (Å²) in [6.45, 7) is 0.558. The fourth-order valence-electron chi connectivity index (χ4n) is 2.81. The number of hydrogen-bond acceptors (Lipinski definition) is 6. The highest BCUT2D eigenvalue weighted by atomic mass is 16.7. The Labute approximate surface area is 116 Å². The molecule has 6 heteroatoms. The van der Waals surface area contributed by atoms with Crippen LogP contribution in [0.5, 0.6) is 17.2 Å². The standard InChI is InChI=1S/C14H18O6/c1-17-11-3-13-12(19-7-20-13)2-9(11)14-10(5-16)8(4-15)6-18-14/h2-3,8,10,14-16H,4-7H2,1H3/t8-,10-,14+/m0/s1. The summed E-state index contributed by atoms with van der Waals surface area (Å²) < 4.78 is 21.8. The minimum atomic E-state index is -0.318. The molecule has 1 aromatic carbocycles. The van der Waals surface area contributed by atoms with Crippen molar-refractivity contribution in [2.24, 2.45) is 11.8 Å². The molecule has 0 aliphatic carbocycles. The summed E-state index contributed by atoms with van der Waals surface area (Å²) in [6, 6.07) is 3.59. The van der Waals surface area contributed by atoms with Crippen LogP contribution in [0, 0.1) is 11.8 Å².